The van der Waals surface area contributed by atoms with Crippen molar-refractivity contribution in [3.63, 3.8) is 0 Å². The maximum atomic E-state index is 10.9. The van der Waals surface area contributed by atoms with E-state index in [9.17, 15) is 9.90 Å². The predicted octanol–water partition coefficient (Wildman–Crippen LogP) is -1.81. The zero-order valence-corrected chi connectivity index (χ0v) is 5.38. The topological polar surface area (TPSA) is 60.4 Å². The third-order valence-corrected chi connectivity index (χ3v) is 0.622. The van der Waals surface area contributed by atoms with Crippen molar-refractivity contribution in [2.75, 3.05) is 27.5 Å². The van der Waals surface area contributed by atoms with E-state index >= 15 is 0 Å². The summed E-state index contributed by atoms with van der Waals surface area (Å²) in [5.41, 5.74) is 0. The summed E-state index contributed by atoms with van der Waals surface area (Å²) >= 11 is 0. The van der Waals surface area contributed by atoms with E-state index in [1.807, 2.05) is 0 Å². The minimum atomic E-state index is -3.89. The number of aliphatic hydroxyl groups is 1. The summed E-state index contributed by atoms with van der Waals surface area (Å²) in [6.07, 6.45) is -7.59. The van der Waals surface area contributed by atoms with E-state index in [0.29, 0.717) is 0 Å². The Kier molecular flexibility index (Phi) is 0.612. The molecule has 0 amide bonds. The van der Waals surface area contributed by atoms with Crippen LogP contribution in [0.15, 0.2) is 0 Å². The second kappa shape index (κ2) is 3.69. The molecule has 0 saturated heterocycles. The summed E-state index contributed by atoms with van der Waals surface area (Å²) in [6.45, 7) is -13.6. The Morgan fingerprint density at radius 3 is 3.00 bits per heavy atom. The van der Waals surface area contributed by atoms with Crippen molar-refractivity contribution in [2.24, 2.45) is 0 Å². The van der Waals surface area contributed by atoms with Crippen LogP contribution in [0.1, 0.15) is 22.8 Å². The lowest BCUT2D eigenvalue weighted by Crippen LogP contribution is -2.43. The van der Waals surface area contributed by atoms with Crippen LogP contribution in [-0.4, -0.2) is 50.5 Å². The largest absolute Gasteiger partial charge is 0.550 e. The van der Waals surface area contributed by atoms with Crippen molar-refractivity contribution in [3.05, 3.63) is 0 Å². The number of carbonyl (C=O) groups is 1. The van der Waals surface area contributed by atoms with Gasteiger partial charge in [-0.1, -0.05) is 0 Å². The Balaban J connectivity index is 6.68. The maximum Gasteiger partial charge on any atom is 0.211 e. The number of carboxylic acids is 1. The smallest absolute Gasteiger partial charge is 0.211 e. The second-order valence-electron chi connectivity index (χ2n) is 1.80. The Hall–Kier alpha value is -0.610. The van der Waals surface area contributed by atoms with Gasteiger partial charge in [0, 0.05) is 15.1 Å². The molecule has 1 atom stereocenters. The number of nitrogens with zero attached hydrogens (tertiary/aromatic N) is 1. The molecule has 0 aliphatic heterocycles. The summed E-state index contributed by atoms with van der Waals surface area (Å²) in [5, 5.41) is 14.5. The van der Waals surface area contributed by atoms with Crippen LogP contribution < -0.4 is 5.11 Å². The van der Waals surface area contributed by atoms with Crippen LogP contribution in [0.2, 0.25) is 0 Å². The third-order valence-electron chi connectivity index (χ3n) is 0.622. The molecule has 0 radical (unpaired) electrons. The van der Waals surface area contributed by atoms with Crippen LogP contribution in [0, 0.1) is 0 Å². The molecule has 0 spiro atoms. The number of hydrogen-bond donors (Lipinski definition) is 1. The minimum Gasteiger partial charge on any atom is -0.550 e. The summed E-state index contributed by atoms with van der Waals surface area (Å²) in [4.78, 5) is 10.9. The summed E-state index contributed by atoms with van der Waals surface area (Å²) in [7, 11) is 0. The van der Waals surface area contributed by atoms with Gasteiger partial charge in [-0.25, -0.2) is 0 Å². The number of rotatable bonds is 5. The van der Waals surface area contributed by atoms with E-state index in [2.05, 4.69) is 5.11 Å². The van der Waals surface area contributed by atoms with Crippen molar-refractivity contribution < 1.29 is 35.9 Å². The van der Waals surface area contributed by atoms with E-state index in [-0.39, 0.29) is 0 Å². The highest BCUT2D eigenvalue weighted by Crippen LogP contribution is 1.97. The first-order chi connectivity index (χ1) is 10.2. The molecule has 0 unspecified atom stereocenters. The van der Waals surface area contributed by atoms with E-state index in [4.69, 9.17) is 17.9 Å². The van der Waals surface area contributed by atoms with Gasteiger partial charge in [-0.3, -0.25) is 0 Å². The first-order valence-corrected chi connectivity index (χ1v) is 2.45. The van der Waals surface area contributed by atoms with Crippen LogP contribution in [0.3, 0.4) is 0 Å². The van der Waals surface area contributed by atoms with E-state index in [1.165, 1.54) is 0 Å². The van der Waals surface area contributed by atoms with E-state index in [1.54, 1.807) is 0 Å². The molecule has 0 rings (SSSR count). The number of quaternary nitrogens is 1. The number of hydrogen-bond acceptors (Lipinski definition) is 3. The quantitative estimate of drug-likeness (QED) is 0.500. The van der Waals surface area contributed by atoms with Gasteiger partial charge in [0.25, 0.3) is 0 Å². The van der Waals surface area contributed by atoms with E-state index in [0.717, 1.165) is 0 Å². The Morgan fingerprint density at radius 1 is 2.00 bits per heavy atom. The Labute approximate surface area is 85.0 Å². The Morgan fingerprint density at radius 2 is 2.64 bits per heavy atom. The fraction of sp³-hybridized carbons (Fsp3) is 0.857. The minimum absolute atomic E-state index is 2.01. The third kappa shape index (κ3) is 7.29. The van der Waals surface area contributed by atoms with Crippen LogP contribution in [-0.2, 0) is 4.79 Å². The molecule has 66 valence electrons. The number of carboxylic acid groups (broad SMARTS) is 1. The molecule has 0 aromatic rings. The first-order valence-electron chi connectivity index (χ1n) is 8.86. The molecule has 0 fully saturated rings. The number of carbonyl (C=O) groups excluding carboxylic acids is 1. The van der Waals surface area contributed by atoms with Crippen LogP contribution in [0.5, 0.6) is 0 Å². The lowest BCUT2D eigenvalue weighted by atomic mass is 10.2. The van der Waals surface area contributed by atoms with Crippen molar-refractivity contribution in [2.45, 2.75) is 12.5 Å². The van der Waals surface area contributed by atoms with Gasteiger partial charge in [-0.05, 0) is 0 Å². The lowest BCUT2D eigenvalue weighted by molar-refractivity contribution is -0.873. The number of likely N-dealkylation sites (N-methyl/N-ethyl adjacent to an activating group) is 1. The summed E-state index contributed by atoms with van der Waals surface area (Å²) < 4.78 is 91.8. The van der Waals surface area contributed by atoms with E-state index < -0.39 is 50.4 Å². The SMILES string of the molecule is [2H]O[C@]([2H])(C[N+](C([2H])([2H])[2H])(C([2H])([2H])[2H])C([2H])([2H])[2H])C([2H])([2H])C(=O)[O-]. The maximum absolute atomic E-state index is 10.9. The molecule has 0 heterocycles. The molecule has 0 aliphatic rings. The van der Waals surface area contributed by atoms with Gasteiger partial charge >= 0.3 is 0 Å². The highest BCUT2D eigenvalue weighted by molar-refractivity contribution is 5.64. The molecule has 0 aromatic heterocycles. The summed E-state index contributed by atoms with van der Waals surface area (Å²) in [5.74, 6) is -2.61. The molecule has 0 aliphatic carbocycles. The van der Waals surface area contributed by atoms with Gasteiger partial charge in [-0.2, -0.15) is 0 Å². The van der Waals surface area contributed by atoms with Crippen molar-refractivity contribution >= 4 is 5.97 Å². The first kappa shape index (κ1) is 1.83. The molecule has 4 nitrogen and oxygen atoms in total. The van der Waals surface area contributed by atoms with Crippen molar-refractivity contribution in [3.8, 4) is 0 Å². The Bertz CT molecular complexity index is 443. The fourth-order valence-corrected chi connectivity index (χ4v) is 0.369. The van der Waals surface area contributed by atoms with Gasteiger partial charge in [0.2, 0.25) is 1.43 Å². The van der Waals surface area contributed by atoms with Gasteiger partial charge in [0.15, 0.2) is 0 Å². The highest BCUT2D eigenvalue weighted by Gasteiger charge is 2.14. The second-order valence-corrected chi connectivity index (χ2v) is 1.80. The van der Waals surface area contributed by atoms with Crippen LogP contribution >= 0.6 is 0 Å². The van der Waals surface area contributed by atoms with Gasteiger partial charge < -0.3 is 19.5 Å². The lowest BCUT2D eigenvalue weighted by Gasteiger charge is -2.26. The molecular weight excluding hydrogens is 146 g/mol. The zero-order chi connectivity index (χ0) is 20.0. The number of aliphatic carboxylic acids is 1. The standard InChI is InChI=1S/C7H15NO3/c1-8(2,3)5-6(9)4-7(10)11/h6,9H,4-5H2,1-3H3/t6-/m0/s1/i1D3,2D3,3D3,4D2,6D,9D. The molecule has 0 aromatic carbocycles. The van der Waals surface area contributed by atoms with Crippen molar-refractivity contribution in [1.82, 2.24) is 0 Å². The van der Waals surface area contributed by atoms with Crippen LogP contribution in [0.25, 0.3) is 0 Å². The molecule has 11 heavy (non-hydrogen) atoms. The zero-order valence-electron chi connectivity index (χ0n) is 18.4. The molecular formula is C7H15NO3. The monoisotopic (exact) mass is 174 g/mol. The average molecular weight is 174 g/mol. The molecule has 1 N–H and O–H groups in total. The molecule has 0 saturated carbocycles. The van der Waals surface area contributed by atoms with Gasteiger partial charge in [-0.15, -0.1) is 0 Å². The van der Waals surface area contributed by atoms with Gasteiger partial charge in [0.05, 0.1) is 34.6 Å². The molecule has 4 heteroatoms. The van der Waals surface area contributed by atoms with Crippen molar-refractivity contribution in [1.29, 1.82) is 1.43 Å². The highest BCUT2D eigenvalue weighted by atomic mass is 16.4. The predicted molar refractivity (Wildman–Crippen MR) is 38.5 cm³/mol. The van der Waals surface area contributed by atoms with Crippen LogP contribution in [0.4, 0.5) is 0 Å². The average Bonchev–Trinajstić information content (AvgIpc) is 2.30. The fourth-order valence-electron chi connectivity index (χ4n) is 0.369. The van der Waals surface area contributed by atoms with Gasteiger partial charge in [0.1, 0.15) is 12.6 Å². The molecule has 0 bridgehead atoms. The normalized spacial score (nSPS) is 39.5. The summed E-state index contributed by atoms with van der Waals surface area (Å²) in [6, 6.07) is 0.